The molecule has 11 heteroatoms. The van der Waals surface area contributed by atoms with E-state index in [-0.39, 0.29) is 11.6 Å². The molecule has 1 saturated heterocycles. The Morgan fingerprint density at radius 2 is 2.07 bits per heavy atom. The summed E-state index contributed by atoms with van der Waals surface area (Å²) in [5.74, 6) is 0. The molecule has 0 bridgehead atoms. The van der Waals surface area contributed by atoms with Crippen LogP contribution in [-0.2, 0) is 9.16 Å². The molecular weight excluding hydrogens is 384 g/mol. The number of carbonyl (C=O) groups excluding carboxylic acids is 1. The van der Waals surface area contributed by atoms with Crippen molar-refractivity contribution < 1.29 is 19.2 Å². The van der Waals surface area contributed by atoms with Crippen molar-refractivity contribution in [1.82, 2.24) is 14.6 Å². The third kappa shape index (κ3) is 4.72. The number of carbonyl (C=O) groups is 1. The Bertz CT molecular complexity index is 843. The second-order valence-electron chi connectivity index (χ2n) is 8.68. The number of nitrogens with one attached hydrogen (secondary N) is 1. The average Bonchev–Trinajstić information content (AvgIpc) is 2.91. The van der Waals surface area contributed by atoms with Crippen molar-refractivity contribution >= 4 is 14.3 Å². The lowest BCUT2D eigenvalue weighted by Gasteiger charge is -2.39. The molecule has 0 radical (unpaired) electrons. The Hall–Kier alpha value is -1.95. The fourth-order valence-corrected chi connectivity index (χ4v) is 4.13. The number of hydroxylamine groups is 2. The SMILES string of the molecule is Cc1cn(C2CC(O[Si](C)(C)C(C)(C)C)C(CN(O)C(N)=O)O2)c(=O)[nH]c1=O. The molecule has 0 aromatic carbocycles. The maximum atomic E-state index is 12.2. The highest BCUT2D eigenvalue weighted by atomic mass is 28.4. The zero-order chi connectivity index (χ0) is 21.4. The quantitative estimate of drug-likeness (QED) is 0.377. The van der Waals surface area contributed by atoms with E-state index in [1.165, 1.54) is 10.8 Å². The number of nitrogens with two attached hydrogens (primary N) is 1. The summed E-state index contributed by atoms with van der Waals surface area (Å²) in [6.07, 6.45) is -0.0868. The first-order valence-electron chi connectivity index (χ1n) is 9.14. The summed E-state index contributed by atoms with van der Waals surface area (Å²) in [6.45, 7) is 11.9. The number of hydrogen-bond donors (Lipinski definition) is 3. The monoisotopic (exact) mass is 414 g/mol. The van der Waals surface area contributed by atoms with Crippen LogP contribution in [0.3, 0.4) is 0 Å². The van der Waals surface area contributed by atoms with E-state index in [1.54, 1.807) is 6.92 Å². The van der Waals surface area contributed by atoms with Crippen LogP contribution in [0.1, 0.15) is 39.0 Å². The minimum Gasteiger partial charge on any atom is -0.411 e. The Labute approximate surface area is 164 Å². The number of aromatic nitrogens is 2. The van der Waals surface area contributed by atoms with Gasteiger partial charge in [0.15, 0.2) is 8.32 Å². The van der Waals surface area contributed by atoms with Crippen LogP contribution in [-0.4, -0.2) is 52.9 Å². The maximum absolute atomic E-state index is 12.2. The predicted molar refractivity (Wildman–Crippen MR) is 105 cm³/mol. The van der Waals surface area contributed by atoms with Gasteiger partial charge in [-0.25, -0.2) is 14.7 Å². The van der Waals surface area contributed by atoms with E-state index in [0.29, 0.717) is 17.0 Å². The lowest BCUT2D eigenvalue weighted by Crippen LogP contribution is -2.48. The Morgan fingerprint density at radius 1 is 1.46 bits per heavy atom. The summed E-state index contributed by atoms with van der Waals surface area (Å²) in [5, 5.41) is 10.1. The van der Waals surface area contributed by atoms with Crippen LogP contribution in [0.25, 0.3) is 0 Å². The second kappa shape index (κ2) is 7.82. The van der Waals surface area contributed by atoms with Gasteiger partial charge in [0.25, 0.3) is 5.56 Å². The lowest BCUT2D eigenvalue weighted by molar-refractivity contribution is -0.0996. The van der Waals surface area contributed by atoms with Crippen molar-refractivity contribution in [2.24, 2.45) is 5.73 Å². The zero-order valence-corrected chi connectivity index (χ0v) is 18.2. The summed E-state index contributed by atoms with van der Waals surface area (Å²) < 4.78 is 13.7. The van der Waals surface area contributed by atoms with E-state index in [0.717, 1.165) is 0 Å². The molecule has 1 aromatic rings. The number of primary amides is 1. The third-order valence-corrected chi connectivity index (χ3v) is 10.0. The molecule has 1 aliphatic rings. The van der Waals surface area contributed by atoms with Crippen LogP contribution in [0.2, 0.25) is 18.1 Å². The summed E-state index contributed by atoms with van der Waals surface area (Å²) in [4.78, 5) is 37.4. The van der Waals surface area contributed by atoms with E-state index < -0.39 is 44.0 Å². The van der Waals surface area contributed by atoms with Gasteiger partial charge in [-0.2, -0.15) is 0 Å². The fourth-order valence-electron chi connectivity index (χ4n) is 2.77. The van der Waals surface area contributed by atoms with E-state index in [2.05, 4.69) is 38.8 Å². The van der Waals surface area contributed by atoms with Gasteiger partial charge >= 0.3 is 11.7 Å². The van der Waals surface area contributed by atoms with Gasteiger partial charge in [0, 0.05) is 18.2 Å². The molecule has 2 heterocycles. The minimum atomic E-state index is -2.20. The maximum Gasteiger partial charge on any atom is 0.338 e. The Morgan fingerprint density at radius 3 is 2.61 bits per heavy atom. The molecule has 2 rings (SSSR count). The smallest absolute Gasteiger partial charge is 0.338 e. The number of nitrogens with zero attached hydrogens (tertiary/aromatic N) is 2. The van der Waals surface area contributed by atoms with Crippen LogP contribution in [0.15, 0.2) is 15.8 Å². The Kier molecular flexibility index (Phi) is 6.24. The molecule has 0 saturated carbocycles. The number of hydrogen-bond acceptors (Lipinski definition) is 6. The molecule has 3 unspecified atom stereocenters. The molecular formula is C17H30N4O6Si. The van der Waals surface area contributed by atoms with Crippen molar-refractivity contribution in [3.8, 4) is 0 Å². The highest BCUT2D eigenvalue weighted by molar-refractivity contribution is 6.74. The number of rotatable bonds is 5. The molecule has 28 heavy (non-hydrogen) atoms. The van der Waals surface area contributed by atoms with Gasteiger partial charge in [-0.1, -0.05) is 20.8 Å². The van der Waals surface area contributed by atoms with Crippen molar-refractivity contribution in [1.29, 1.82) is 0 Å². The third-order valence-electron chi connectivity index (χ3n) is 5.50. The molecule has 3 atom stereocenters. The standard InChI is InChI=1S/C17H30N4O6Si/c1-10-8-20(16(24)19-14(10)22)13-7-11(27-28(5,6)17(2,3)4)12(26-13)9-21(25)15(18)23/h8,11-13,25H,7,9H2,1-6H3,(H2,18,23)(H,19,22,24). The van der Waals surface area contributed by atoms with Crippen molar-refractivity contribution in [2.75, 3.05) is 6.54 Å². The second-order valence-corrected chi connectivity index (χ2v) is 13.4. The number of urea groups is 1. The van der Waals surface area contributed by atoms with E-state index in [4.69, 9.17) is 14.9 Å². The minimum absolute atomic E-state index is 0.0658. The molecule has 10 nitrogen and oxygen atoms in total. The van der Waals surface area contributed by atoms with Crippen molar-refractivity contribution in [3.05, 3.63) is 32.6 Å². The molecule has 1 aromatic heterocycles. The van der Waals surface area contributed by atoms with Gasteiger partial charge in [0.1, 0.15) is 12.3 Å². The number of aryl methyl sites for hydroxylation is 1. The highest BCUT2D eigenvalue weighted by Crippen LogP contribution is 2.41. The fraction of sp³-hybridized carbons (Fsp3) is 0.706. The summed E-state index contributed by atoms with van der Waals surface area (Å²) in [7, 11) is -2.20. The Balaban J connectivity index is 2.33. The van der Waals surface area contributed by atoms with Gasteiger partial charge in [-0.3, -0.25) is 19.6 Å². The number of H-pyrrole nitrogens is 1. The van der Waals surface area contributed by atoms with Gasteiger partial charge in [0.2, 0.25) is 0 Å². The molecule has 2 amide bonds. The van der Waals surface area contributed by atoms with Gasteiger partial charge in [-0.05, 0) is 25.1 Å². The van der Waals surface area contributed by atoms with Crippen molar-refractivity contribution in [3.63, 3.8) is 0 Å². The van der Waals surface area contributed by atoms with Gasteiger partial charge in [0.05, 0.1) is 12.6 Å². The highest BCUT2D eigenvalue weighted by Gasteiger charge is 2.45. The molecule has 158 valence electrons. The van der Waals surface area contributed by atoms with Crippen LogP contribution < -0.4 is 17.0 Å². The topological polar surface area (TPSA) is 140 Å². The average molecular weight is 415 g/mol. The first-order valence-corrected chi connectivity index (χ1v) is 12.0. The zero-order valence-electron chi connectivity index (χ0n) is 17.2. The molecule has 0 spiro atoms. The van der Waals surface area contributed by atoms with Gasteiger partial charge < -0.3 is 14.9 Å². The van der Waals surface area contributed by atoms with Crippen molar-refractivity contribution in [2.45, 2.75) is 70.7 Å². The van der Waals surface area contributed by atoms with Crippen LogP contribution in [0, 0.1) is 6.92 Å². The largest absolute Gasteiger partial charge is 0.411 e. The van der Waals surface area contributed by atoms with Crippen LogP contribution in [0.4, 0.5) is 4.79 Å². The van der Waals surface area contributed by atoms with Crippen LogP contribution in [0.5, 0.6) is 0 Å². The predicted octanol–water partition coefficient (Wildman–Crippen LogP) is 1.29. The molecule has 0 aliphatic carbocycles. The number of aromatic amines is 1. The van der Waals surface area contributed by atoms with E-state index >= 15 is 0 Å². The molecule has 1 aliphatic heterocycles. The molecule has 1 fully saturated rings. The normalized spacial score (nSPS) is 23.0. The number of ether oxygens (including phenoxy) is 1. The van der Waals surface area contributed by atoms with E-state index in [9.17, 15) is 19.6 Å². The molecule has 4 N–H and O–H groups in total. The first-order chi connectivity index (χ1) is 12.7. The first kappa shape index (κ1) is 22.3. The van der Waals surface area contributed by atoms with Crippen LogP contribution >= 0.6 is 0 Å². The summed E-state index contributed by atoms with van der Waals surface area (Å²) in [6, 6.07) is -1.00. The summed E-state index contributed by atoms with van der Waals surface area (Å²) in [5.41, 5.74) is 4.43. The summed E-state index contributed by atoms with van der Waals surface area (Å²) >= 11 is 0. The lowest BCUT2D eigenvalue weighted by atomic mass is 10.2. The van der Waals surface area contributed by atoms with Gasteiger partial charge in [-0.15, -0.1) is 0 Å². The van der Waals surface area contributed by atoms with E-state index in [1.807, 2.05) is 0 Å². The number of amides is 2.